The minimum absolute atomic E-state index is 0.0245. The Kier molecular flexibility index (Phi) is 5.98. The van der Waals surface area contributed by atoms with Crippen molar-refractivity contribution in [3.63, 3.8) is 0 Å². The molecule has 31 heavy (non-hydrogen) atoms. The van der Waals surface area contributed by atoms with Crippen LogP contribution in [0.2, 0.25) is 0 Å². The fourth-order valence-corrected chi connectivity index (χ4v) is 7.29. The fourth-order valence-electron chi connectivity index (χ4n) is 5.12. The van der Waals surface area contributed by atoms with E-state index in [1.807, 2.05) is 36.4 Å². The van der Waals surface area contributed by atoms with E-state index in [4.69, 9.17) is 0 Å². The molecule has 1 aromatic carbocycles. The molecule has 0 unspecified atom stereocenters. The Labute approximate surface area is 183 Å². The lowest BCUT2D eigenvalue weighted by atomic mass is 9.65. The van der Waals surface area contributed by atoms with Crippen LogP contribution in [0.15, 0.2) is 48.7 Å². The average molecular weight is 438 g/mol. The van der Waals surface area contributed by atoms with E-state index in [2.05, 4.69) is 35.7 Å². The van der Waals surface area contributed by atoms with Gasteiger partial charge in [0.15, 0.2) is 0 Å². The molecule has 4 rings (SSSR count). The number of hydrogen-bond acceptors (Lipinski definition) is 5. The lowest BCUT2D eigenvalue weighted by Gasteiger charge is -2.41. The standard InChI is InChI=1S/C24H27N3O3S/c1-15-11-23-24(22(14-28)27-31(23,29)30)20(16(15)2)10-9-19-8-7-18(13-26-19)21-6-4-3-5-17(21)12-25/h3-10,13,15-16,20,22-24,27-28H,11,14H2,1-2H3/b10-9+/t15-,16+,20-,22+,23+,24+/m0/s1. The van der Waals surface area contributed by atoms with Gasteiger partial charge in [-0.15, -0.1) is 0 Å². The summed E-state index contributed by atoms with van der Waals surface area (Å²) in [6.45, 7) is 4.06. The van der Waals surface area contributed by atoms with Gasteiger partial charge < -0.3 is 5.11 Å². The molecule has 0 amide bonds. The topological polar surface area (TPSA) is 103 Å². The number of aliphatic hydroxyl groups is 1. The summed E-state index contributed by atoms with van der Waals surface area (Å²) in [6, 6.07) is 13.0. The molecule has 2 heterocycles. The minimum Gasteiger partial charge on any atom is -0.395 e. The Morgan fingerprint density at radius 3 is 2.71 bits per heavy atom. The second kappa shape index (κ2) is 8.54. The summed E-state index contributed by atoms with van der Waals surface area (Å²) in [4.78, 5) is 4.53. The van der Waals surface area contributed by atoms with Crippen molar-refractivity contribution in [3.05, 3.63) is 59.9 Å². The summed E-state index contributed by atoms with van der Waals surface area (Å²) < 4.78 is 27.8. The summed E-state index contributed by atoms with van der Waals surface area (Å²) in [5.41, 5.74) is 3.10. The molecule has 6 atom stereocenters. The van der Waals surface area contributed by atoms with Crippen molar-refractivity contribution in [1.29, 1.82) is 5.26 Å². The molecule has 1 saturated heterocycles. The Hall–Kier alpha value is -2.53. The molecule has 6 nitrogen and oxygen atoms in total. The molecule has 2 N–H and O–H groups in total. The monoisotopic (exact) mass is 437 g/mol. The number of hydrogen-bond donors (Lipinski definition) is 2. The number of fused-ring (bicyclic) bond motifs is 1. The van der Waals surface area contributed by atoms with Crippen LogP contribution in [-0.4, -0.2) is 36.4 Å². The molecule has 162 valence electrons. The van der Waals surface area contributed by atoms with Gasteiger partial charge in [0.1, 0.15) is 0 Å². The third-order valence-electron chi connectivity index (χ3n) is 6.99. The van der Waals surface area contributed by atoms with Crippen molar-refractivity contribution in [2.45, 2.75) is 31.6 Å². The average Bonchev–Trinajstić information content (AvgIpc) is 3.04. The SMILES string of the molecule is C[C@H]1[C@H](/C=C/c2ccc(-c3ccccc3C#N)cn2)[C@H]2[C@@H](C[C@@H]1C)S(=O)(=O)N[C@@H]2CO. The first kappa shape index (κ1) is 21.7. The highest BCUT2D eigenvalue weighted by Crippen LogP contribution is 2.46. The molecule has 1 aliphatic carbocycles. The molecule has 2 fully saturated rings. The van der Waals surface area contributed by atoms with Crippen molar-refractivity contribution in [2.75, 3.05) is 6.61 Å². The number of sulfonamides is 1. The number of nitrogens with one attached hydrogen (secondary N) is 1. The lowest BCUT2D eigenvalue weighted by Crippen LogP contribution is -2.44. The van der Waals surface area contributed by atoms with Crippen LogP contribution in [0.25, 0.3) is 17.2 Å². The Morgan fingerprint density at radius 2 is 2.03 bits per heavy atom. The number of rotatable bonds is 4. The predicted molar refractivity (Wildman–Crippen MR) is 120 cm³/mol. The Morgan fingerprint density at radius 1 is 1.26 bits per heavy atom. The molecular formula is C24H27N3O3S. The Bertz CT molecular complexity index is 1120. The molecule has 2 aromatic rings. The van der Waals surface area contributed by atoms with Crippen molar-refractivity contribution < 1.29 is 13.5 Å². The molecular weight excluding hydrogens is 410 g/mol. The van der Waals surface area contributed by atoms with E-state index >= 15 is 0 Å². The normalized spacial score (nSPS) is 31.9. The van der Waals surface area contributed by atoms with Gasteiger partial charge in [-0.3, -0.25) is 4.98 Å². The van der Waals surface area contributed by atoms with Crippen LogP contribution in [0.3, 0.4) is 0 Å². The Balaban J connectivity index is 1.60. The lowest BCUT2D eigenvalue weighted by molar-refractivity contribution is 0.114. The molecule has 0 bridgehead atoms. The molecule has 1 aliphatic heterocycles. The van der Waals surface area contributed by atoms with Gasteiger partial charge >= 0.3 is 0 Å². The quantitative estimate of drug-likeness (QED) is 0.765. The zero-order valence-corrected chi connectivity index (χ0v) is 18.5. The third-order valence-corrected chi connectivity index (χ3v) is 8.93. The zero-order valence-electron chi connectivity index (χ0n) is 17.6. The number of aromatic nitrogens is 1. The van der Waals surface area contributed by atoms with Gasteiger partial charge in [0.25, 0.3) is 0 Å². The van der Waals surface area contributed by atoms with E-state index in [1.165, 1.54) is 0 Å². The van der Waals surface area contributed by atoms with Crippen molar-refractivity contribution in [3.8, 4) is 17.2 Å². The smallest absolute Gasteiger partial charge is 0.215 e. The second-order valence-corrected chi connectivity index (χ2v) is 10.6. The number of pyridine rings is 1. The third kappa shape index (κ3) is 4.03. The predicted octanol–water partition coefficient (Wildman–Crippen LogP) is 3.20. The number of nitrogens with zero attached hydrogens (tertiary/aromatic N) is 2. The van der Waals surface area contributed by atoms with Gasteiger partial charge in [0, 0.05) is 29.3 Å². The van der Waals surface area contributed by atoms with Crippen molar-refractivity contribution in [1.82, 2.24) is 9.71 Å². The molecule has 7 heteroatoms. The first-order chi connectivity index (χ1) is 14.9. The molecule has 0 spiro atoms. The number of nitriles is 1. The first-order valence-electron chi connectivity index (χ1n) is 10.6. The fraction of sp³-hybridized carbons (Fsp3) is 0.417. The summed E-state index contributed by atoms with van der Waals surface area (Å²) in [5, 5.41) is 18.6. The summed E-state index contributed by atoms with van der Waals surface area (Å²) >= 11 is 0. The van der Waals surface area contributed by atoms with Gasteiger partial charge in [-0.25, -0.2) is 13.1 Å². The first-order valence-corrected chi connectivity index (χ1v) is 12.2. The van der Waals surface area contributed by atoms with Gasteiger partial charge in [-0.2, -0.15) is 5.26 Å². The zero-order chi connectivity index (χ0) is 22.2. The van der Waals surface area contributed by atoms with Crippen LogP contribution in [0, 0.1) is 35.0 Å². The second-order valence-electron chi connectivity index (χ2n) is 8.71. The molecule has 1 saturated carbocycles. The maximum atomic E-state index is 12.6. The summed E-state index contributed by atoms with van der Waals surface area (Å²) in [6.07, 6.45) is 6.38. The van der Waals surface area contributed by atoms with Crippen LogP contribution in [0.4, 0.5) is 0 Å². The van der Waals surface area contributed by atoms with Crippen LogP contribution >= 0.6 is 0 Å². The van der Waals surface area contributed by atoms with Crippen molar-refractivity contribution in [2.24, 2.45) is 23.7 Å². The van der Waals surface area contributed by atoms with Gasteiger partial charge in [-0.05, 0) is 42.4 Å². The molecule has 0 radical (unpaired) electrons. The number of allylic oxidation sites excluding steroid dienone is 1. The highest BCUT2D eigenvalue weighted by Gasteiger charge is 2.54. The van der Waals surface area contributed by atoms with Gasteiger partial charge in [0.05, 0.1) is 29.2 Å². The maximum Gasteiger partial charge on any atom is 0.215 e. The van der Waals surface area contributed by atoms with E-state index in [-0.39, 0.29) is 24.4 Å². The van der Waals surface area contributed by atoms with Gasteiger partial charge in [-0.1, -0.05) is 44.2 Å². The minimum atomic E-state index is -3.41. The van der Waals surface area contributed by atoms with Crippen molar-refractivity contribution >= 4 is 16.1 Å². The van der Waals surface area contributed by atoms with Crippen LogP contribution in [-0.2, 0) is 10.0 Å². The van der Waals surface area contributed by atoms with E-state index in [1.54, 1.807) is 12.3 Å². The summed E-state index contributed by atoms with van der Waals surface area (Å²) in [7, 11) is -3.41. The van der Waals surface area contributed by atoms with E-state index in [0.717, 1.165) is 16.8 Å². The van der Waals surface area contributed by atoms with Crippen LogP contribution in [0.5, 0.6) is 0 Å². The molecule has 2 aliphatic rings. The number of aliphatic hydroxyl groups excluding tert-OH is 1. The number of benzene rings is 1. The summed E-state index contributed by atoms with van der Waals surface area (Å²) in [5.74, 6) is 0.432. The van der Waals surface area contributed by atoms with Crippen LogP contribution in [0.1, 0.15) is 31.5 Å². The van der Waals surface area contributed by atoms with Gasteiger partial charge in [0.2, 0.25) is 10.0 Å². The van der Waals surface area contributed by atoms with E-state index in [9.17, 15) is 18.8 Å². The van der Waals surface area contributed by atoms with Crippen LogP contribution < -0.4 is 4.72 Å². The van der Waals surface area contributed by atoms with E-state index < -0.39 is 21.3 Å². The largest absolute Gasteiger partial charge is 0.395 e. The molecule has 1 aromatic heterocycles. The van der Waals surface area contributed by atoms with E-state index in [0.29, 0.717) is 17.9 Å². The maximum absolute atomic E-state index is 12.6. The highest BCUT2D eigenvalue weighted by molar-refractivity contribution is 7.90. The highest BCUT2D eigenvalue weighted by atomic mass is 32.2.